The minimum atomic E-state index is -0.722. The van der Waals surface area contributed by atoms with Gasteiger partial charge >= 0.3 is 11.9 Å². The third-order valence-electron chi connectivity index (χ3n) is 2.68. The standard InChI is InChI=1S/C14H25O4/c1-2-3-12-18-14(17)11-9-7-5-4-6-8-10-13(15)16/h1-12H2,(H,15,16). The molecule has 0 rings (SSSR count). The molecule has 0 aliphatic carbocycles. The number of unbranched alkanes of at least 4 members (excludes halogenated alkanes) is 6. The van der Waals surface area contributed by atoms with Gasteiger partial charge in [-0.15, -0.1) is 0 Å². The summed E-state index contributed by atoms with van der Waals surface area (Å²) in [4.78, 5) is 21.5. The van der Waals surface area contributed by atoms with E-state index >= 15 is 0 Å². The third kappa shape index (κ3) is 13.0. The number of aliphatic carboxylic acids is 1. The molecule has 0 saturated heterocycles. The Balaban J connectivity index is 3.15. The maximum Gasteiger partial charge on any atom is 0.305 e. The third-order valence-corrected chi connectivity index (χ3v) is 2.68. The fraction of sp³-hybridized carbons (Fsp3) is 0.786. The molecule has 105 valence electrons. The summed E-state index contributed by atoms with van der Waals surface area (Å²) in [5.41, 5.74) is 0. The van der Waals surface area contributed by atoms with Crippen LogP contribution in [0.4, 0.5) is 0 Å². The van der Waals surface area contributed by atoms with Crippen LogP contribution in [0.25, 0.3) is 0 Å². The van der Waals surface area contributed by atoms with Crippen molar-refractivity contribution in [3.05, 3.63) is 6.92 Å². The summed E-state index contributed by atoms with van der Waals surface area (Å²) >= 11 is 0. The number of carboxylic acid groups (broad SMARTS) is 1. The van der Waals surface area contributed by atoms with Crippen molar-refractivity contribution in [3.8, 4) is 0 Å². The van der Waals surface area contributed by atoms with E-state index in [-0.39, 0.29) is 12.4 Å². The van der Waals surface area contributed by atoms with E-state index in [4.69, 9.17) is 9.84 Å². The van der Waals surface area contributed by atoms with E-state index in [1.165, 1.54) is 0 Å². The SMILES string of the molecule is [CH2]CCCOC(=O)CCCCCCCCC(=O)O. The molecule has 0 heterocycles. The highest BCUT2D eigenvalue weighted by Gasteiger charge is 2.02. The molecule has 0 fully saturated rings. The minimum absolute atomic E-state index is 0.116. The molecule has 0 aliphatic rings. The quantitative estimate of drug-likeness (QED) is 0.430. The average Bonchev–Trinajstić information content (AvgIpc) is 2.32. The van der Waals surface area contributed by atoms with E-state index in [9.17, 15) is 9.59 Å². The van der Waals surface area contributed by atoms with Crippen molar-refractivity contribution in [1.82, 2.24) is 0 Å². The molecular weight excluding hydrogens is 232 g/mol. The first-order valence-electron chi connectivity index (χ1n) is 6.83. The van der Waals surface area contributed by atoms with Crippen LogP contribution in [-0.2, 0) is 14.3 Å². The Morgan fingerprint density at radius 2 is 1.44 bits per heavy atom. The molecule has 18 heavy (non-hydrogen) atoms. The van der Waals surface area contributed by atoms with Crippen LogP contribution in [0.15, 0.2) is 0 Å². The number of carbonyl (C=O) groups excluding carboxylic acids is 1. The van der Waals surface area contributed by atoms with Crippen molar-refractivity contribution in [3.63, 3.8) is 0 Å². The number of hydrogen-bond donors (Lipinski definition) is 1. The Kier molecular flexibility index (Phi) is 11.7. The van der Waals surface area contributed by atoms with Gasteiger partial charge in [0.1, 0.15) is 0 Å². The maximum absolute atomic E-state index is 11.2. The van der Waals surface area contributed by atoms with Crippen LogP contribution in [-0.4, -0.2) is 23.7 Å². The highest BCUT2D eigenvalue weighted by Crippen LogP contribution is 2.09. The van der Waals surface area contributed by atoms with E-state index < -0.39 is 5.97 Å². The van der Waals surface area contributed by atoms with E-state index in [1.807, 2.05) is 0 Å². The van der Waals surface area contributed by atoms with Crippen LogP contribution in [0.2, 0.25) is 0 Å². The van der Waals surface area contributed by atoms with Crippen molar-refractivity contribution >= 4 is 11.9 Å². The average molecular weight is 257 g/mol. The molecule has 1 N–H and O–H groups in total. The topological polar surface area (TPSA) is 63.6 Å². The second kappa shape index (κ2) is 12.4. The summed E-state index contributed by atoms with van der Waals surface area (Å²) < 4.78 is 5.01. The Labute approximate surface area is 110 Å². The lowest BCUT2D eigenvalue weighted by atomic mass is 10.1. The van der Waals surface area contributed by atoms with Gasteiger partial charge in [0, 0.05) is 12.8 Å². The summed E-state index contributed by atoms with van der Waals surface area (Å²) in [6, 6.07) is 0. The van der Waals surface area contributed by atoms with Crippen LogP contribution in [0.5, 0.6) is 0 Å². The van der Waals surface area contributed by atoms with Crippen LogP contribution in [0.1, 0.15) is 64.2 Å². The van der Waals surface area contributed by atoms with Gasteiger partial charge in [-0.3, -0.25) is 9.59 Å². The predicted octanol–water partition coefficient (Wildman–Crippen LogP) is 3.35. The summed E-state index contributed by atoms with van der Waals surface area (Å²) in [6.45, 7) is 4.16. The Hall–Kier alpha value is -1.06. The second-order valence-electron chi connectivity index (χ2n) is 4.44. The molecule has 0 amide bonds. The van der Waals surface area contributed by atoms with Gasteiger partial charge in [-0.05, 0) is 19.3 Å². The molecule has 4 nitrogen and oxygen atoms in total. The molecule has 0 unspecified atom stereocenters. The Morgan fingerprint density at radius 3 is 2.00 bits per heavy atom. The molecule has 0 aromatic carbocycles. The molecule has 4 heteroatoms. The highest BCUT2D eigenvalue weighted by atomic mass is 16.5. The van der Waals surface area contributed by atoms with Crippen molar-refractivity contribution < 1.29 is 19.4 Å². The lowest BCUT2D eigenvalue weighted by molar-refractivity contribution is -0.144. The number of hydrogen-bond acceptors (Lipinski definition) is 3. The molecular formula is C14H25O4. The molecule has 0 bridgehead atoms. The first-order valence-corrected chi connectivity index (χ1v) is 6.83. The van der Waals surface area contributed by atoms with Crippen LogP contribution in [0, 0.1) is 6.92 Å². The number of rotatable bonds is 12. The van der Waals surface area contributed by atoms with Gasteiger partial charge in [-0.1, -0.05) is 39.0 Å². The normalized spacial score (nSPS) is 10.3. The molecule has 1 radical (unpaired) electrons. The van der Waals surface area contributed by atoms with Crippen molar-refractivity contribution in [2.75, 3.05) is 6.61 Å². The van der Waals surface area contributed by atoms with Gasteiger partial charge in [0.2, 0.25) is 0 Å². The number of carboxylic acids is 1. The number of esters is 1. The molecule has 0 saturated carbocycles. The first-order chi connectivity index (χ1) is 8.66. The zero-order valence-corrected chi connectivity index (χ0v) is 11.2. The van der Waals surface area contributed by atoms with Crippen molar-refractivity contribution in [2.45, 2.75) is 64.2 Å². The zero-order valence-electron chi connectivity index (χ0n) is 11.2. The van der Waals surface area contributed by atoms with Gasteiger partial charge in [-0.25, -0.2) is 0 Å². The summed E-state index contributed by atoms with van der Waals surface area (Å²) in [6.07, 6.45) is 8.07. The molecule has 0 atom stereocenters. The smallest absolute Gasteiger partial charge is 0.305 e. The molecule has 0 aromatic heterocycles. The maximum atomic E-state index is 11.2. The second-order valence-corrected chi connectivity index (χ2v) is 4.44. The summed E-state index contributed by atoms with van der Waals surface area (Å²) in [5, 5.41) is 8.45. The van der Waals surface area contributed by atoms with Gasteiger partial charge in [-0.2, -0.15) is 0 Å². The van der Waals surface area contributed by atoms with E-state index in [0.29, 0.717) is 13.0 Å². The van der Waals surface area contributed by atoms with E-state index in [1.54, 1.807) is 0 Å². The Morgan fingerprint density at radius 1 is 0.889 bits per heavy atom. The van der Waals surface area contributed by atoms with Crippen molar-refractivity contribution in [1.29, 1.82) is 0 Å². The number of carbonyl (C=O) groups is 2. The Bertz CT molecular complexity index is 226. The molecule has 0 spiro atoms. The summed E-state index contributed by atoms with van der Waals surface area (Å²) in [7, 11) is 0. The fourth-order valence-corrected chi connectivity index (χ4v) is 1.61. The minimum Gasteiger partial charge on any atom is -0.481 e. The highest BCUT2D eigenvalue weighted by molar-refractivity contribution is 5.69. The van der Waals surface area contributed by atoms with Gasteiger partial charge in [0.25, 0.3) is 0 Å². The van der Waals surface area contributed by atoms with Crippen LogP contribution in [0.3, 0.4) is 0 Å². The van der Waals surface area contributed by atoms with E-state index in [0.717, 1.165) is 51.4 Å². The number of ether oxygens (including phenoxy) is 1. The predicted molar refractivity (Wildman–Crippen MR) is 70.1 cm³/mol. The van der Waals surface area contributed by atoms with Crippen molar-refractivity contribution in [2.24, 2.45) is 0 Å². The monoisotopic (exact) mass is 257 g/mol. The largest absolute Gasteiger partial charge is 0.481 e. The summed E-state index contributed by atoms with van der Waals surface area (Å²) in [5.74, 6) is -0.839. The molecule has 0 aliphatic heterocycles. The van der Waals surface area contributed by atoms with Gasteiger partial charge in [0.15, 0.2) is 0 Å². The van der Waals surface area contributed by atoms with Crippen LogP contribution >= 0.6 is 0 Å². The fourth-order valence-electron chi connectivity index (χ4n) is 1.61. The first kappa shape index (κ1) is 16.9. The lowest BCUT2D eigenvalue weighted by Gasteiger charge is -2.03. The van der Waals surface area contributed by atoms with E-state index in [2.05, 4.69) is 6.92 Å². The van der Waals surface area contributed by atoms with Gasteiger partial charge in [0.05, 0.1) is 6.61 Å². The lowest BCUT2D eigenvalue weighted by Crippen LogP contribution is -2.05. The zero-order chi connectivity index (χ0) is 13.6. The van der Waals surface area contributed by atoms with Crippen LogP contribution < -0.4 is 0 Å². The molecule has 0 aromatic rings. The van der Waals surface area contributed by atoms with Gasteiger partial charge < -0.3 is 9.84 Å².